The molecule has 1 saturated carbocycles. The highest BCUT2D eigenvalue weighted by Gasteiger charge is 2.26. The van der Waals surface area contributed by atoms with E-state index in [0.717, 1.165) is 29.5 Å². The van der Waals surface area contributed by atoms with Crippen LogP contribution in [0.25, 0.3) is 0 Å². The first-order valence-electron chi connectivity index (χ1n) is 6.11. The number of nitrogens with one attached hydrogen (secondary N) is 1. The first-order valence-corrected chi connectivity index (χ1v) is 6.11. The van der Waals surface area contributed by atoms with Crippen LogP contribution in [0, 0.1) is 12.8 Å². The Hall–Kier alpha value is -1.57. The second kappa shape index (κ2) is 4.74. The van der Waals surface area contributed by atoms with Crippen molar-refractivity contribution in [1.82, 2.24) is 5.32 Å². The summed E-state index contributed by atoms with van der Waals surface area (Å²) in [5, 5.41) is 3.06. The summed E-state index contributed by atoms with van der Waals surface area (Å²) in [6.45, 7) is 8.23. The molecule has 1 aromatic carbocycles. The van der Waals surface area contributed by atoms with Crippen molar-refractivity contribution in [2.45, 2.75) is 32.7 Å². The van der Waals surface area contributed by atoms with Crippen LogP contribution in [0.2, 0.25) is 0 Å². The van der Waals surface area contributed by atoms with Crippen LogP contribution in [0.5, 0.6) is 0 Å². The summed E-state index contributed by atoms with van der Waals surface area (Å²) < 4.78 is 0. The lowest BCUT2D eigenvalue weighted by atomic mass is 10.1. The normalized spacial score (nSPS) is 23.8. The van der Waals surface area contributed by atoms with Gasteiger partial charge in [0.25, 0.3) is 5.91 Å². The number of hydrogen-bond acceptors (Lipinski definition) is 1. The maximum absolute atomic E-state index is 12.1. The van der Waals surface area contributed by atoms with Gasteiger partial charge in [-0.2, -0.15) is 0 Å². The average molecular weight is 229 g/mol. The van der Waals surface area contributed by atoms with Crippen molar-refractivity contribution >= 4 is 5.91 Å². The maximum Gasteiger partial charge on any atom is 0.251 e. The molecule has 2 nitrogen and oxygen atoms in total. The van der Waals surface area contributed by atoms with Gasteiger partial charge in [-0.25, -0.2) is 0 Å². The third kappa shape index (κ3) is 2.76. The molecule has 2 atom stereocenters. The molecule has 1 amide bonds. The van der Waals surface area contributed by atoms with E-state index in [1.165, 1.54) is 0 Å². The van der Waals surface area contributed by atoms with E-state index in [0.29, 0.717) is 5.92 Å². The number of amides is 1. The van der Waals surface area contributed by atoms with E-state index < -0.39 is 0 Å². The Balaban J connectivity index is 2.05. The Morgan fingerprint density at radius 2 is 2.24 bits per heavy atom. The molecule has 17 heavy (non-hydrogen) atoms. The number of aryl methyl sites for hydroxylation is 1. The highest BCUT2D eigenvalue weighted by molar-refractivity contribution is 5.94. The lowest BCUT2D eigenvalue weighted by molar-refractivity contribution is 0.0942. The van der Waals surface area contributed by atoms with E-state index in [9.17, 15) is 4.79 Å². The van der Waals surface area contributed by atoms with Gasteiger partial charge in [0.2, 0.25) is 0 Å². The minimum Gasteiger partial charge on any atom is -0.346 e. The Bertz CT molecular complexity index is 450. The molecule has 90 valence electrons. The van der Waals surface area contributed by atoms with Crippen molar-refractivity contribution in [3.05, 3.63) is 47.5 Å². The Labute approximate surface area is 103 Å². The molecular formula is C15H19NO. The van der Waals surface area contributed by atoms with Crippen LogP contribution in [0.1, 0.15) is 35.7 Å². The van der Waals surface area contributed by atoms with Gasteiger partial charge in [-0.3, -0.25) is 4.79 Å². The number of carbonyl (C=O) groups is 1. The van der Waals surface area contributed by atoms with Gasteiger partial charge < -0.3 is 5.32 Å². The summed E-state index contributed by atoms with van der Waals surface area (Å²) in [6.07, 6.45) is 2.04. The predicted molar refractivity (Wildman–Crippen MR) is 70.0 cm³/mol. The first-order chi connectivity index (χ1) is 8.06. The minimum absolute atomic E-state index is 0.00829. The average Bonchev–Trinajstić information content (AvgIpc) is 2.57. The molecule has 1 aliphatic rings. The SMILES string of the molecule is C=C1CC(C)CC1NC(=O)c1cccc(C)c1. The number of benzene rings is 1. The molecule has 0 radical (unpaired) electrons. The van der Waals surface area contributed by atoms with Gasteiger partial charge in [0.15, 0.2) is 0 Å². The van der Waals surface area contributed by atoms with E-state index in [1.807, 2.05) is 31.2 Å². The Morgan fingerprint density at radius 3 is 2.82 bits per heavy atom. The molecule has 1 aliphatic carbocycles. The molecule has 0 aliphatic heterocycles. The zero-order chi connectivity index (χ0) is 12.4. The summed E-state index contributed by atoms with van der Waals surface area (Å²) in [6, 6.07) is 7.82. The second-order valence-electron chi connectivity index (χ2n) is 5.10. The van der Waals surface area contributed by atoms with Gasteiger partial charge in [0.1, 0.15) is 0 Å². The van der Waals surface area contributed by atoms with Crippen LogP contribution in [-0.4, -0.2) is 11.9 Å². The van der Waals surface area contributed by atoms with Gasteiger partial charge in [-0.1, -0.05) is 36.8 Å². The summed E-state index contributed by atoms with van der Waals surface area (Å²) in [7, 11) is 0. The molecule has 1 aromatic rings. The quantitative estimate of drug-likeness (QED) is 0.776. The molecule has 2 unspecified atom stereocenters. The predicted octanol–water partition coefficient (Wildman–Crippen LogP) is 3.08. The lowest BCUT2D eigenvalue weighted by Crippen LogP contribution is -2.33. The third-order valence-electron chi connectivity index (χ3n) is 3.33. The second-order valence-corrected chi connectivity index (χ2v) is 5.10. The molecule has 1 fully saturated rings. The van der Waals surface area contributed by atoms with E-state index >= 15 is 0 Å². The highest BCUT2D eigenvalue weighted by atomic mass is 16.1. The number of carbonyl (C=O) groups excluding carboxylic acids is 1. The van der Waals surface area contributed by atoms with Gasteiger partial charge >= 0.3 is 0 Å². The fraction of sp³-hybridized carbons (Fsp3) is 0.400. The lowest BCUT2D eigenvalue weighted by Gasteiger charge is -2.14. The van der Waals surface area contributed by atoms with E-state index in [2.05, 4.69) is 18.8 Å². The van der Waals surface area contributed by atoms with Gasteiger partial charge in [-0.15, -0.1) is 0 Å². The molecule has 0 heterocycles. The largest absolute Gasteiger partial charge is 0.346 e. The summed E-state index contributed by atoms with van der Waals surface area (Å²) in [5.74, 6) is 0.638. The number of rotatable bonds is 2. The molecule has 1 N–H and O–H groups in total. The molecule has 2 heteroatoms. The van der Waals surface area contributed by atoms with Crippen molar-refractivity contribution in [1.29, 1.82) is 0 Å². The molecule has 0 spiro atoms. The maximum atomic E-state index is 12.1. The summed E-state index contributed by atoms with van der Waals surface area (Å²) >= 11 is 0. The summed E-state index contributed by atoms with van der Waals surface area (Å²) in [5.41, 5.74) is 2.99. The van der Waals surface area contributed by atoms with Crippen molar-refractivity contribution in [2.75, 3.05) is 0 Å². The first kappa shape index (κ1) is 11.9. The third-order valence-corrected chi connectivity index (χ3v) is 3.33. The van der Waals surface area contributed by atoms with Crippen LogP contribution < -0.4 is 5.32 Å². The van der Waals surface area contributed by atoms with Crippen molar-refractivity contribution < 1.29 is 4.79 Å². The molecule has 0 bridgehead atoms. The minimum atomic E-state index is 0.00829. The van der Waals surface area contributed by atoms with Crippen LogP contribution >= 0.6 is 0 Å². The van der Waals surface area contributed by atoms with Crippen LogP contribution in [0.4, 0.5) is 0 Å². The fourth-order valence-corrected chi connectivity index (χ4v) is 2.43. The van der Waals surface area contributed by atoms with Crippen LogP contribution in [0.15, 0.2) is 36.4 Å². The highest BCUT2D eigenvalue weighted by Crippen LogP contribution is 2.29. The van der Waals surface area contributed by atoms with E-state index in [4.69, 9.17) is 0 Å². The Morgan fingerprint density at radius 1 is 1.47 bits per heavy atom. The topological polar surface area (TPSA) is 29.1 Å². The van der Waals surface area contributed by atoms with Crippen LogP contribution in [-0.2, 0) is 0 Å². The zero-order valence-electron chi connectivity index (χ0n) is 10.5. The fourth-order valence-electron chi connectivity index (χ4n) is 2.43. The monoisotopic (exact) mass is 229 g/mol. The molecular weight excluding hydrogens is 210 g/mol. The molecule has 0 saturated heterocycles. The van der Waals surface area contributed by atoms with Gasteiger partial charge in [0, 0.05) is 5.56 Å². The smallest absolute Gasteiger partial charge is 0.251 e. The molecule has 0 aromatic heterocycles. The van der Waals surface area contributed by atoms with E-state index in [-0.39, 0.29) is 11.9 Å². The summed E-state index contributed by atoms with van der Waals surface area (Å²) in [4.78, 5) is 12.1. The van der Waals surface area contributed by atoms with Crippen molar-refractivity contribution in [2.24, 2.45) is 5.92 Å². The van der Waals surface area contributed by atoms with Crippen LogP contribution in [0.3, 0.4) is 0 Å². The van der Waals surface area contributed by atoms with Gasteiger partial charge in [-0.05, 0) is 37.8 Å². The zero-order valence-corrected chi connectivity index (χ0v) is 10.5. The van der Waals surface area contributed by atoms with Crippen molar-refractivity contribution in [3.63, 3.8) is 0 Å². The van der Waals surface area contributed by atoms with E-state index in [1.54, 1.807) is 0 Å². The number of hydrogen-bond donors (Lipinski definition) is 1. The van der Waals surface area contributed by atoms with Crippen molar-refractivity contribution in [3.8, 4) is 0 Å². The van der Waals surface area contributed by atoms with Gasteiger partial charge in [0.05, 0.1) is 6.04 Å². The molecule has 2 rings (SSSR count). The standard InChI is InChI=1S/C15H19NO/c1-10-5-4-6-13(8-10)15(17)16-14-9-11(2)7-12(14)3/h4-6,8,11,14H,3,7,9H2,1-2H3,(H,16,17). The Kier molecular flexibility index (Phi) is 3.32.